The first-order chi connectivity index (χ1) is 10.6. The van der Waals surface area contributed by atoms with E-state index >= 15 is 0 Å². The quantitative estimate of drug-likeness (QED) is 0.483. The van der Waals surface area contributed by atoms with E-state index in [-0.39, 0.29) is 23.9 Å². The van der Waals surface area contributed by atoms with Gasteiger partial charge in [-0.25, -0.2) is 0 Å². The summed E-state index contributed by atoms with van der Waals surface area (Å²) in [7, 11) is 0. The summed E-state index contributed by atoms with van der Waals surface area (Å²) in [5, 5.41) is 0. The molecule has 1 aromatic carbocycles. The van der Waals surface area contributed by atoms with Gasteiger partial charge in [0.2, 0.25) is 0 Å². The van der Waals surface area contributed by atoms with E-state index < -0.39 is 5.92 Å². The minimum absolute atomic E-state index is 0.00118. The smallest absolute Gasteiger partial charge is 0.155 e. The second-order valence-corrected chi connectivity index (χ2v) is 5.64. The highest BCUT2D eigenvalue weighted by Crippen LogP contribution is 2.37. The predicted molar refractivity (Wildman–Crippen MR) is 88.8 cm³/mol. The lowest BCUT2D eigenvalue weighted by Gasteiger charge is -2.18. The molecule has 22 heavy (non-hydrogen) atoms. The number of carbonyl (C=O) groups excluding carboxylic acids is 2. The zero-order valence-corrected chi connectivity index (χ0v) is 13.5. The van der Waals surface area contributed by atoms with Gasteiger partial charge in [0.1, 0.15) is 11.7 Å². The average molecular weight is 294 g/mol. The Labute approximate surface area is 132 Å². The van der Waals surface area contributed by atoms with Gasteiger partial charge in [-0.15, -0.1) is 12.5 Å². The van der Waals surface area contributed by atoms with Crippen LogP contribution >= 0.6 is 0 Å². The number of aryl methyl sites for hydroxylation is 2. The van der Waals surface area contributed by atoms with Gasteiger partial charge in [-0.2, -0.15) is 0 Å². The Morgan fingerprint density at radius 3 is 2.23 bits per heavy atom. The molecule has 0 amide bonds. The lowest BCUT2D eigenvalue weighted by molar-refractivity contribution is -0.124. The highest BCUT2D eigenvalue weighted by Gasteiger charge is 2.42. The van der Waals surface area contributed by atoms with Crippen molar-refractivity contribution in [3.05, 3.63) is 47.0 Å². The summed E-state index contributed by atoms with van der Waals surface area (Å²) in [6, 6.07) is 4.04. The van der Waals surface area contributed by atoms with Gasteiger partial charge >= 0.3 is 0 Å². The second kappa shape index (κ2) is 6.75. The summed E-state index contributed by atoms with van der Waals surface area (Å²) < 4.78 is 0. The zero-order valence-electron chi connectivity index (χ0n) is 13.5. The van der Waals surface area contributed by atoms with E-state index in [9.17, 15) is 9.59 Å². The van der Waals surface area contributed by atoms with Gasteiger partial charge in [-0.1, -0.05) is 25.8 Å². The number of carbonyl (C=O) groups is 2. The lowest BCUT2D eigenvalue weighted by atomic mass is 9.84. The Balaban J connectivity index is 2.63. The van der Waals surface area contributed by atoms with Crippen LogP contribution in [0, 0.1) is 17.8 Å². The molecule has 0 heterocycles. The van der Waals surface area contributed by atoms with Crippen LogP contribution in [-0.2, 0) is 22.4 Å². The molecule has 1 saturated carbocycles. The minimum atomic E-state index is -0.614. The van der Waals surface area contributed by atoms with Crippen LogP contribution in [0.5, 0.6) is 0 Å². The maximum Gasteiger partial charge on any atom is 0.155 e. The monoisotopic (exact) mass is 294 g/mol. The van der Waals surface area contributed by atoms with Crippen LogP contribution in [-0.4, -0.2) is 11.6 Å². The van der Waals surface area contributed by atoms with Gasteiger partial charge < -0.3 is 0 Å². The third-order valence-electron chi connectivity index (χ3n) is 4.35. The van der Waals surface area contributed by atoms with E-state index in [2.05, 4.69) is 32.3 Å². The average Bonchev–Trinajstić information content (AvgIpc) is 2.80. The molecule has 2 rings (SSSR count). The molecule has 2 heteroatoms. The van der Waals surface area contributed by atoms with Crippen LogP contribution in [0.2, 0.25) is 0 Å². The van der Waals surface area contributed by atoms with Crippen molar-refractivity contribution in [2.24, 2.45) is 5.92 Å². The van der Waals surface area contributed by atoms with E-state index in [1.54, 1.807) is 6.08 Å². The van der Waals surface area contributed by atoms with Crippen LogP contribution in [0.3, 0.4) is 0 Å². The normalized spacial score (nSPS) is 20.7. The SMILES string of the molecule is C=CC1CC(=O)C(c2c(CC)cc(C#CC)cc2CC)C1=O. The van der Waals surface area contributed by atoms with Crippen molar-refractivity contribution in [1.29, 1.82) is 0 Å². The van der Waals surface area contributed by atoms with Gasteiger partial charge in [0, 0.05) is 17.9 Å². The van der Waals surface area contributed by atoms with Crippen molar-refractivity contribution < 1.29 is 9.59 Å². The van der Waals surface area contributed by atoms with Crippen molar-refractivity contribution in [3.63, 3.8) is 0 Å². The fourth-order valence-corrected chi connectivity index (χ4v) is 3.26. The molecule has 114 valence electrons. The third kappa shape index (κ3) is 2.76. The Morgan fingerprint density at radius 2 is 1.82 bits per heavy atom. The molecule has 0 N–H and O–H groups in total. The van der Waals surface area contributed by atoms with Crippen molar-refractivity contribution in [2.45, 2.75) is 46.0 Å². The number of hydrogen-bond donors (Lipinski definition) is 0. The first-order valence-electron chi connectivity index (χ1n) is 7.84. The van der Waals surface area contributed by atoms with Gasteiger partial charge in [0.25, 0.3) is 0 Å². The zero-order chi connectivity index (χ0) is 16.3. The molecular weight excluding hydrogens is 272 g/mol. The number of Topliss-reactive ketones (excluding diaryl/α,β-unsaturated/α-hetero) is 2. The van der Waals surface area contributed by atoms with Crippen LogP contribution in [0.1, 0.15) is 55.4 Å². The fourth-order valence-electron chi connectivity index (χ4n) is 3.26. The first-order valence-corrected chi connectivity index (χ1v) is 7.84. The number of rotatable bonds is 4. The largest absolute Gasteiger partial charge is 0.298 e. The van der Waals surface area contributed by atoms with Gasteiger partial charge in [0.05, 0.1) is 0 Å². The fraction of sp³-hybridized carbons (Fsp3) is 0.400. The highest BCUT2D eigenvalue weighted by atomic mass is 16.2. The molecule has 0 aromatic heterocycles. The maximum absolute atomic E-state index is 12.6. The van der Waals surface area contributed by atoms with Gasteiger partial charge in [-0.3, -0.25) is 9.59 Å². The summed E-state index contributed by atoms with van der Waals surface area (Å²) in [4.78, 5) is 25.0. The summed E-state index contributed by atoms with van der Waals surface area (Å²) in [5.74, 6) is 5.07. The molecule has 0 spiro atoms. The van der Waals surface area contributed by atoms with E-state index in [1.165, 1.54) is 0 Å². The first kappa shape index (κ1) is 16.2. The lowest BCUT2D eigenvalue weighted by Crippen LogP contribution is -2.18. The van der Waals surface area contributed by atoms with E-state index in [1.807, 2.05) is 19.1 Å². The molecular formula is C20H22O2. The van der Waals surface area contributed by atoms with Gasteiger partial charge in [-0.05, 0) is 48.6 Å². The minimum Gasteiger partial charge on any atom is -0.298 e. The van der Waals surface area contributed by atoms with E-state index in [4.69, 9.17) is 0 Å². The molecule has 2 nitrogen and oxygen atoms in total. The van der Waals surface area contributed by atoms with Crippen molar-refractivity contribution >= 4 is 11.6 Å². The molecule has 2 atom stereocenters. The molecule has 0 saturated heterocycles. The Hall–Kier alpha value is -2.14. The topological polar surface area (TPSA) is 34.1 Å². The van der Waals surface area contributed by atoms with Crippen molar-refractivity contribution in [3.8, 4) is 11.8 Å². The van der Waals surface area contributed by atoms with Crippen LogP contribution < -0.4 is 0 Å². The highest BCUT2D eigenvalue weighted by molar-refractivity contribution is 6.15. The Bertz CT molecular complexity index is 660. The van der Waals surface area contributed by atoms with E-state index in [0.717, 1.165) is 35.1 Å². The summed E-state index contributed by atoms with van der Waals surface area (Å²) in [6.07, 6.45) is 3.47. The Morgan fingerprint density at radius 1 is 1.23 bits per heavy atom. The molecule has 0 radical (unpaired) electrons. The van der Waals surface area contributed by atoms with Crippen LogP contribution in [0.25, 0.3) is 0 Å². The van der Waals surface area contributed by atoms with E-state index in [0.29, 0.717) is 0 Å². The number of benzene rings is 1. The predicted octanol–water partition coefficient (Wildman–Crippen LogP) is 3.61. The molecule has 1 aliphatic carbocycles. The number of ketones is 2. The van der Waals surface area contributed by atoms with Crippen molar-refractivity contribution in [2.75, 3.05) is 0 Å². The van der Waals surface area contributed by atoms with Crippen molar-refractivity contribution in [1.82, 2.24) is 0 Å². The summed E-state index contributed by atoms with van der Waals surface area (Å²) in [6.45, 7) is 9.60. The molecule has 1 aromatic rings. The van der Waals surface area contributed by atoms with Crippen LogP contribution in [0.4, 0.5) is 0 Å². The molecule has 2 unspecified atom stereocenters. The number of hydrogen-bond acceptors (Lipinski definition) is 2. The molecule has 0 aliphatic heterocycles. The second-order valence-electron chi connectivity index (χ2n) is 5.64. The van der Waals surface area contributed by atoms with Crippen LogP contribution in [0.15, 0.2) is 24.8 Å². The maximum atomic E-state index is 12.6. The number of allylic oxidation sites excluding steroid dienone is 1. The summed E-state index contributed by atoms with van der Waals surface area (Å²) in [5.41, 5.74) is 4.01. The third-order valence-corrected chi connectivity index (χ3v) is 4.35. The molecule has 1 aliphatic rings. The molecule has 1 fully saturated rings. The standard InChI is InChI=1S/C20H22O2/c1-5-9-13-10-14(6-2)18(15(7-3)11-13)19-17(21)12-16(8-4)20(19)22/h8,10-11,16,19H,4,6-7,12H2,1-3H3. The summed E-state index contributed by atoms with van der Waals surface area (Å²) >= 11 is 0. The van der Waals surface area contributed by atoms with Gasteiger partial charge in [0.15, 0.2) is 5.78 Å². The Kier molecular flexibility index (Phi) is 4.98. The molecule has 0 bridgehead atoms.